The van der Waals surface area contributed by atoms with Crippen LogP contribution in [0.25, 0.3) is 0 Å². The first kappa shape index (κ1) is 14.4. The predicted molar refractivity (Wildman–Crippen MR) is 89.3 cm³/mol. The van der Waals surface area contributed by atoms with E-state index in [1.54, 1.807) is 0 Å². The van der Waals surface area contributed by atoms with Crippen LogP contribution in [0.15, 0.2) is 54.6 Å². The number of ether oxygens (including phenoxy) is 1. The highest BCUT2D eigenvalue weighted by atomic mass is 16.5. The monoisotopic (exact) mass is 308 g/mol. The maximum Gasteiger partial charge on any atom is 0.236 e. The van der Waals surface area contributed by atoms with E-state index in [9.17, 15) is 4.79 Å². The van der Waals surface area contributed by atoms with Crippen LogP contribution in [0.3, 0.4) is 0 Å². The van der Waals surface area contributed by atoms with Crippen molar-refractivity contribution in [1.29, 1.82) is 0 Å². The summed E-state index contributed by atoms with van der Waals surface area (Å²) in [5, 5.41) is 6.47. The van der Waals surface area contributed by atoms with Gasteiger partial charge in [0.25, 0.3) is 0 Å². The van der Waals surface area contributed by atoms with Gasteiger partial charge in [0.1, 0.15) is 0 Å². The fraction of sp³-hybridized carbons (Fsp3) is 0.316. The number of benzene rings is 2. The Morgan fingerprint density at radius 1 is 1.09 bits per heavy atom. The Hall–Kier alpha value is -2.17. The van der Waals surface area contributed by atoms with Crippen LogP contribution in [-0.4, -0.2) is 25.1 Å². The van der Waals surface area contributed by atoms with Crippen LogP contribution in [0.5, 0.6) is 0 Å². The van der Waals surface area contributed by atoms with Crippen molar-refractivity contribution in [3.05, 3.63) is 65.7 Å². The molecule has 2 aromatic carbocycles. The number of carbonyl (C=O) groups excluding carboxylic acids is 1. The van der Waals surface area contributed by atoms with Crippen LogP contribution < -0.4 is 10.6 Å². The third kappa shape index (κ3) is 2.54. The molecule has 0 aliphatic carbocycles. The smallest absolute Gasteiger partial charge is 0.236 e. The topological polar surface area (TPSA) is 50.4 Å². The van der Waals surface area contributed by atoms with Crippen molar-refractivity contribution in [2.75, 3.05) is 18.5 Å². The van der Waals surface area contributed by atoms with Crippen molar-refractivity contribution in [2.24, 2.45) is 0 Å². The van der Waals surface area contributed by atoms with Gasteiger partial charge in [0.15, 0.2) is 0 Å². The zero-order valence-electron chi connectivity index (χ0n) is 12.9. The van der Waals surface area contributed by atoms with Gasteiger partial charge in [0, 0.05) is 18.3 Å². The number of para-hydroxylation sites is 1. The molecule has 2 aliphatic heterocycles. The molecule has 0 bridgehead atoms. The quantitative estimate of drug-likeness (QED) is 0.912. The SMILES string of the molecule is O=C1Nc2ccccc2[C@@]12CN[C@@H](COCc1ccccc1)C2. The first-order chi connectivity index (χ1) is 11.3. The molecule has 2 heterocycles. The van der Waals surface area contributed by atoms with Crippen LogP contribution in [0.2, 0.25) is 0 Å². The van der Waals surface area contributed by atoms with E-state index in [4.69, 9.17) is 4.74 Å². The Morgan fingerprint density at radius 2 is 1.87 bits per heavy atom. The van der Waals surface area contributed by atoms with E-state index in [1.807, 2.05) is 36.4 Å². The number of amides is 1. The van der Waals surface area contributed by atoms with Gasteiger partial charge in [0.2, 0.25) is 5.91 Å². The summed E-state index contributed by atoms with van der Waals surface area (Å²) in [7, 11) is 0. The third-order valence-corrected chi connectivity index (χ3v) is 4.84. The summed E-state index contributed by atoms with van der Waals surface area (Å²) in [6, 6.07) is 18.3. The molecule has 2 atom stereocenters. The average molecular weight is 308 g/mol. The maximum absolute atomic E-state index is 12.5. The minimum absolute atomic E-state index is 0.108. The van der Waals surface area contributed by atoms with Gasteiger partial charge in [-0.05, 0) is 23.6 Å². The number of rotatable bonds is 4. The summed E-state index contributed by atoms with van der Waals surface area (Å²) in [5.74, 6) is 0.108. The van der Waals surface area contributed by atoms with E-state index in [1.165, 1.54) is 5.56 Å². The number of hydrogen-bond donors (Lipinski definition) is 2. The lowest BCUT2D eigenvalue weighted by Gasteiger charge is -2.20. The molecule has 1 fully saturated rings. The summed E-state index contributed by atoms with van der Waals surface area (Å²) in [5.41, 5.74) is 2.80. The number of nitrogens with one attached hydrogen (secondary N) is 2. The first-order valence-electron chi connectivity index (χ1n) is 8.04. The number of fused-ring (bicyclic) bond motifs is 2. The number of hydrogen-bond acceptors (Lipinski definition) is 3. The van der Waals surface area contributed by atoms with E-state index in [0.717, 1.165) is 17.7 Å². The summed E-state index contributed by atoms with van der Waals surface area (Å²) in [6.07, 6.45) is 0.782. The molecule has 0 aromatic heterocycles. The Labute approximate surface area is 135 Å². The Morgan fingerprint density at radius 3 is 2.74 bits per heavy atom. The molecule has 0 radical (unpaired) electrons. The van der Waals surface area contributed by atoms with Crippen LogP contribution in [0.4, 0.5) is 5.69 Å². The van der Waals surface area contributed by atoms with Crippen LogP contribution >= 0.6 is 0 Å². The number of carbonyl (C=O) groups is 1. The highest BCUT2D eigenvalue weighted by molar-refractivity contribution is 6.06. The Balaban J connectivity index is 1.40. The molecule has 0 saturated carbocycles. The fourth-order valence-corrected chi connectivity index (χ4v) is 3.65. The van der Waals surface area contributed by atoms with E-state index in [-0.39, 0.29) is 11.9 Å². The molecule has 118 valence electrons. The maximum atomic E-state index is 12.5. The fourth-order valence-electron chi connectivity index (χ4n) is 3.65. The van der Waals surface area contributed by atoms with Crippen molar-refractivity contribution in [2.45, 2.75) is 24.5 Å². The van der Waals surface area contributed by atoms with E-state index < -0.39 is 5.41 Å². The van der Waals surface area contributed by atoms with E-state index in [2.05, 4.69) is 28.8 Å². The van der Waals surface area contributed by atoms with E-state index >= 15 is 0 Å². The lowest BCUT2D eigenvalue weighted by molar-refractivity contribution is -0.120. The minimum atomic E-state index is -0.433. The molecule has 23 heavy (non-hydrogen) atoms. The van der Waals surface area contributed by atoms with Crippen LogP contribution in [-0.2, 0) is 21.6 Å². The lowest BCUT2D eigenvalue weighted by Crippen LogP contribution is -2.36. The van der Waals surface area contributed by atoms with Crippen LogP contribution in [0, 0.1) is 0 Å². The van der Waals surface area contributed by atoms with E-state index in [0.29, 0.717) is 19.8 Å². The second-order valence-corrected chi connectivity index (χ2v) is 6.36. The van der Waals surface area contributed by atoms with Gasteiger partial charge in [-0.15, -0.1) is 0 Å². The molecular weight excluding hydrogens is 288 g/mol. The van der Waals surface area contributed by atoms with Gasteiger partial charge in [0.05, 0.1) is 18.6 Å². The largest absolute Gasteiger partial charge is 0.375 e. The summed E-state index contributed by atoms with van der Waals surface area (Å²) >= 11 is 0. The van der Waals surface area contributed by atoms with Crippen molar-refractivity contribution in [3.8, 4) is 0 Å². The summed E-state index contributed by atoms with van der Waals surface area (Å²) in [4.78, 5) is 12.5. The first-order valence-corrected chi connectivity index (χ1v) is 8.04. The second-order valence-electron chi connectivity index (χ2n) is 6.36. The zero-order valence-corrected chi connectivity index (χ0v) is 12.9. The molecule has 1 amide bonds. The summed E-state index contributed by atoms with van der Waals surface area (Å²) in [6.45, 7) is 1.90. The molecule has 4 heteroatoms. The van der Waals surface area contributed by atoms with Gasteiger partial charge in [-0.25, -0.2) is 0 Å². The van der Waals surface area contributed by atoms with Gasteiger partial charge in [-0.3, -0.25) is 4.79 Å². The normalized spacial score (nSPS) is 25.6. The molecule has 0 unspecified atom stereocenters. The van der Waals surface area contributed by atoms with Crippen molar-refractivity contribution in [3.63, 3.8) is 0 Å². The highest BCUT2D eigenvalue weighted by Gasteiger charge is 2.51. The lowest BCUT2D eigenvalue weighted by atomic mass is 9.79. The molecular formula is C19H20N2O2. The Kier molecular flexibility index (Phi) is 3.63. The van der Waals surface area contributed by atoms with Crippen molar-refractivity contribution >= 4 is 11.6 Å². The minimum Gasteiger partial charge on any atom is -0.375 e. The molecule has 4 nitrogen and oxygen atoms in total. The van der Waals surface area contributed by atoms with Gasteiger partial charge in [-0.1, -0.05) is 48.5 Å². The highest BCUT2D eigenvalue weighted by Crippen LogP contribution is 2.43. The summed E-state index contributed by atoms with van der Waals surface area (Å²) < 4.78 is 5.84. The predicted octanol–water partition coefficient (Wildman–Crippen LogP) is 2.46. The molecule has 2 aliphatic rings. The van der Waals surface area contributed by atoms with Gasteiger partial charge in [-0.2, -0.15) is 0 Å². The number of anilines is 1. The molecule has 1 spiro atoms. The van der Waals surface area contributed by atoms with Gasteiger partial charge >= 0.3 is 0 Å². The van der Waals surface area contributed by atoms with Crippen molar-refractivity contribution in [1.82, 2.24) is 5.32 Å². The molecule has 2 N–H and O–H groups in total. The molecule has 2 aromatic rings. The van der Waals surface area contributed by atoms with Gasteiger partial charge < -0.3 is 15.4 Å². The average Bonchev–Trinajstić information content (AvgIpc) is 3.12. The zero-order chi connectivity index (χ0) is 15.7. The second kappa shape index (κ2) is 5.80. The molecule has 1 saturated heterocycles. The standard InChI is InChI=1S/C19H20N2O2/c22-18-19(16-8-4-5-9-17(16)21-18)10-15(20-13-19)12-23-11-14-6-2-1-3-7-14/h1-9,15,20H,10-13H2,(H,21,22)/t15-,19-/m1/s1. The van der Waals surface area contributed by atoms with Crippen LogP contribution in [0.1, 0.15) is 17.5 Å². The van der Waals surface area contributed by atoms with Crippen molar-refractivity contribution < 1.29 is 9.53 Å². The molecule has 4 rings (SSSR count). The third-order valence-electron chi connectivity index (χ3n) is 4.84. The Bertz CT molecular complexity index is 716.